The molecule has 0 fully saturated rings. The molecule has 7 heterocycles. The van der Waals surface area contributed by atoms with E-state index in [2.05, 4.69) is 34.1 Å². The van der Waals surface area contributed by atoms with Crippen LogP contribution < -0.4 is 19.3 Å². The Morgan fingerprint density at radius 3 is 1.54 bits per heavy atom. The zero-order valence-electron chi connectivity index (χ0n) is 21.8. The van der Waals surface area contributed by atoms with Gasteiger partial charge in [0, 0.05) is 48.7 Å². The van der Waals surface area contributed by atoms with Crippen molar-refractivity contribution in [3.8, 4) is 23.6 Å². The van der Waals surface area contributed by atoms with Crippen LogP contribution in [0.2, 0.25) is 0 Å². The summed E-state index contributed by atoms with van der Waals surface area (Å²) in [5, 5.41) is 20.6. The summed E-state index contributed by atoms with van der Waals surface area (Å²) in [4.78, 5) is 5.01. The summed E-state index contributed by atoms with van der Waals surface area (Å²) in [6.07, 6.45) is 12.4. The van der Waals surface area contributed by atoms with Crippen LogP contribution in [-0.4, -0.2) is 53.8 Å². The normalized spacial score (nSPS) is 22.3. The van der Waals surface area contributed by atoms with Gasteiger partial charge in [-0.3, -0.25) is 0 Å². The maximum absolute atomic E-state index is 10.3. The monoisotopic (exact) mass is 516 g/mol. The highest BCUT2D eigenvalue weighted by atomic mass is 16.7. The summed E-state index contributed by atoms with van der Waals surface area (Å²) in [5.74, 6) is 1.64. The summed E-state index contributed by atoms with van der Waals surface area (Å²) < 4.78 is 17.5. The number of nitriles is 2. The molecule has 9 rings (SSSR count). The molecule has 8 nitrogen and oxygen atoms in total. The number of hydrogen-bond acceptors (Lipinski definition) is 6. The lowest BCUT2D eigenvalue weighted by Gasteiger charge is -2.40. The molecule has 0 saturated carbocycles. The molecule has 0 atom stereocenters. The summed E-state index contributed by atoms with van der Waals surface area (Å²) in [7, 11) is 0. The Hall–Kier alpha value is -4.30. The van der Waals surface area contributed by atoms with Gasteiger partial charge in [0.15, 0.2) is 36.1 Å². The summed E-state index contributed by atoms with van der Waals surface area (Å²) in [6, 6.07) is 7.57. The van der Waals surface area contributed by atoms with Crippen molar-refractivity contribution in [2.24, 2.45) is 0 Å². The van der Waals surface area contributed by atoms with Gasteiger partial charge < -0.3 is 19.3 Å². The Morgan fingerprint density at radius 1 is 0.667 bits per heavy atom. The molecule has 2 aromatic rings. The van der Waals surface area contributed by atoms with Gasteiger partial charge in [-0.1, -0.05) is 0 Å². The Bertz CT molecular complexity index is 1590. The second-order valence-electron chi connectivity index (χ2n) is 11.6. The number of rotatable bonds is 0. The molecule has 0 amide bonds. The van der Waals surface area contributed by atoms with E-state index >= 15 is 0 Å². The molecule has 192 valence electrons. The van der Waals surface area contributed by atoms with Gasteiger partial charge in [-0.05, 0) is 83.8 Å². The first kappa shape index (κ1) is 21.6. The fourth-order valence-electron chi connectivity index (χ4n) is 8.04. The molecule has 39 heavy (non-hydrogen) atoms. The number of ether oxygens (including phenoxy) is 2. The topological polar surface area (TPSA) is 78.5 Å². The Balaban J connectivity index is 1.30. The fourth-order valence-corrected chi connectivity index (χ4v) is 8.04. The van der Waals surface area contributed by atoms with Gasteiger partial charge >= 0.3 is 17.4 Å². The first-order chi connectivity index (χ1) is 19.2. The van der Waals surface area contributed by atoms with Gasteiger partial charge in [0.25, 0.3) is 0 Å². The van der Waals surface area contributed by atoms with Gasteiger partial charge in [0.2, 0.25) is 0 Å². The van der Waals surface area contributed by atoms with Gasteiger partial charge in [0.1, 0.15) is 0 Å². The highest BCUT2D eigenvalue weighted by Gasteiger charge is 2.74. The first-order valence-electron chi connectivity index (χ1n) is 14.3. The van der Waals surface area contributed by atoms with E-state index in [1.54, 1.807) is 9.15 Å². The molecule has 7 aliphatic heterocycles. The number of anilines is 2. The molecule has 0 unspecified atom stereocenters. The summed E-state index contributed by atoms with van der Waals surface area (Å²) in [5.41, 5.74) is 10.2. The number of fused-ring (bicyclic) bond motifs is 4. The van der Waals surface area contributed by atoms with E-state index in [9.17, 15) is 10.5 Å². The van der Waals surface area contributed by atoms with Crippen LogP contribution in [0.1, 0.15) is 59.1 Å². The van der Waals surface area contributed by atoms with Gasteiger partial charge in [-0.15, -0.1) is 0 Å². The van der Waals surface area contributed by atoms with E-state index in [1.165, 1.54) is 33.6 Å². The molecule has 0 aromatic heterocycles. The largest absolute Gasteiger partial charge is 0.716 e. The van der Waals surface area contributed by atoms with E-state index in [0.717, 1.165) is 100 Å². The van der Waals surface area contributed by atoms with Crippen LogP contribution in [0.15, 0.2) is 23.5 Å². The lowest BCUT2D eigenvalue weighted by Crippen LogP contribution is -2.60. The van der Waals surface area contributed by atoms with Crippen molar-refractivity contribution in [3.63, 3.8) is 0 Å². The predicted molar refractivity (Wildman–Crippen MR) is 144 cm³/mol. The van der Waals surface area contributed by atoms with Gasteiger partial charge in [-0.25, -0.2) is 0 Å². The molecular formula is C31H28N6O2+2. The van der Waals surface area contributed by atoms with E-state index in [0.29, 0.717) is 0 Å². The van der Waals surface area contributed by atoms with E-state index < -0.39 is 6.03 Å². The van der Waals surface area contributed by atoms with Gasteiger partial charge in [0.05, 0.1) is 11.1 Å². The van der Waals surface area contributed by atoms with Crippen molar-refractivity contribution in [2.45, 2.75) is 57.4 Å². The fraction of sp³-hybridized carbons (Fsp3) is 0.419. The van der Waals surface area contributed by atoms with E-state index in [1.807, 2.05) is 12.4 Å². The van der Waals surface area contributed by atoms with Crippen LogP contribution in [-0.2, 0) is 25.7 Å². The second-order valence-corrected chi connectivity index (χ2v) is 11.6. The Kier molecular flexibility index (Phi) is 4.11. The predicted octanol–water partition coefficient (Wildman–Crippen LogP) is 3.32. The zero-order chi connectivity index (χ0) is 25.9. The minimum atomic E-state index is -1.47. The first-order valence-corrected chi connectivity index (χ1v) is 14.3. The third-order valence-corrected chi connectivity index (χ3v) is 9.54. The SMILES string of the molecule is N#CC1=C(C#N)[N+]2=Cc3cc4c5c(c3OC23Oc2c(cc6c7c2CCCN7CCC6)C=[N+]13)CCCN5CCC4. The number of aryl methyl sites for hydroxylation is 2. The smallest absolute Gasteiger partial charge is 0.371 e. The third kappa shape index (κ3) is 2.62. The van der Waals surface area contributed by atoms with Gasteiger partial charge in [-0.2, -0.15) is 10.5 Å². The van der Waals surface area contributed by atoms with Crippen molar-refractivity contribution in [1.82, 2.24) is 0 Å². The lowest BCUT2D eigenvalue weighted by atomic mass is 9.88. The zero-order valence-corrected chi connectivity index (χ0v) is 21.8. The van der Waals surface area contributed by atoms with Crippen molar-refractivity contribution in [3.05, 3.63) is 56.9 Å². The molecular weight excluding hydrogens is 488 g/mol. The van der Waals surface area contributed by atoms with E-state index in [-0.39, 0.29) is 11.4 Å². The maximum Gasteiger partial charge on any atom is 0.716 e. The highest BCUT2D eigenvalue weighted by molar-refractivity contribution is 5.89. The van der Waals surface area contributed by atoms with E-state index in [4.69, 9.17) is 9.47 Å². The van der Waals surface area contributed by atoms with Crippen LogP contribution in [0.5, 0.6) is 11.5 Å². The Morgan fingerprint density at radius 2 is 1.10 bits per heavy atom. The van der Waals surface area contributed by atoms with Crippen LogP contribution in [0.3, 0.4) is 0 Å². The van der Waals surface area contributed by atoms with Crippen LogP contribution in [0, 0.1) is 22.7 Å². The maximum atomic E-state index is 10.3. The Labute approximate surface area is 226 Å². The summed E-state index contributed by atoms with van der Waals surface area (Å²) in [6.45, 7) is 4.31. The quantitative estimate of drug-likeness (QED) is 0.500. The van der Waals surface area contributed by atoms with Crippen molar-refractivity contribution in [1.29, 1.82) is 10.5 Å². The van der Waals surface area contributed by atoms with Crippen molar-refractivity contribution < 1.29 is 18.6 Å². The van der Waals surface area contributed by atoms with Crippen LogP contribution >= 0.6 is 0 Å². The number of nitrogens with zero attached hydrogens (tertiary/aromatic N) is 6. The minimum Gasteiger partial charge on any atom is -0.371 e. The minimum absolute atomic E-state index is 0.250. The molecule has 8 heteroatoms. The number of benzene rings is 2. The van der Waals surface area contributed by atoms with Crippen LogP contribution in [0.25, 0.3) is 0 Å². The third-order valence-electron chi connectivity index (χ3n) is 9.54. The summed E-state index contributed by atoms with van der Waals surface area (Å²) >= 11 is 0. The second kappa shape index (κ2) is 7.42. The van der Waals surface area contributed by atoms with Crippen molar-refractivity contribution in [2.75, 3.05) is 36.0 Å². The average molecular weight is 517 g/mol. The molecule has 2 aromatic carbocycles. The van der Waals surface area contributed by atoms with Crippen molar-refractivity contribution >= 4 is 23.8 Å². The molecule has 1 spiro atoms. The molecule has 7 aliphatic rings. The molecule has 0 N–H and O–H groups in total. The average Bonchev–Trinajstić information content (AvgIpc) is 3.23. The number of allylic oxidation sites excluding steroid dienone is 2. The molecule has 0 saturated heterocycles. The highest BCUT2D eigenvalue weighted by Crippen LogP contribution is 2.50. The number of hydrogen-bond donors (Lipinski definition) is 0. The standard InChI is InChI=1S/C31H28N6O2/c32-15-25-26(16-33)37-18-22-14-20-6-2-10-35-12-4-8-24(28(20)35)30(22)39-31(37)36(25)17-21-13-19-5-1-9-34-11-3-7-23(27(19)34)29(21)38-31/h13-14,17-18H,1-12H2/q+2. The molecule has 0 radical (unpaired) electrons. The van der Waals surface area contributed by atoms with Crippen LogP contribution in [0.4, 0.5) is 11.4 Å². The lowest BCUT2D eigenvalue weighted by molar-refractivity contribution is -0.848. The molecule has 0 aliphatic carbocycles. The molecule has 0 bridgehead atoms.